The lowest BCUT2D eigenvalue weighted by Gasteiger charge is -2.34. The van der Waals surface area contributed by atoms with E-state index in [9.17, 15) is 14.4 Å². The molecule has 0 bridgehead atoms. The number of rotatable bonds is 12. The van der Waals surface area contributed by atoms with Crippen molar-refractivity contribution in [3.63, 3.8) is 0 Å². The van der Waals surface area contributed by atoms with Gasteiger partial charge in [-0.25, -0.2) is 14.6 Å². The van der Waals surface area contributed by atoms with Crippen molar-refractivity contribution in [3.05, 3.63) is 41.5 Å². The SMILES string of the molecule is C=CCC(C)(C)COC(=O)N[C@H](C(=O)N1C[C@H](Oc2nccc3cc(OC)c(Br)cc23)C[C@H]1C(=O)OCC)C1CCCCC1. The highest BCUT2D eigenvalue weighted by molar-refractivity contribution is 9.10. The van der Waals surface area contributed by atoms with Crippen LogP contribution in [0.4, 0.5) is 4.79 Å². The summed E-state index contributed by atoms with van der Waals surface area (Å²) in [5.41, 5.74) is -0.283. The van der Waals surface area contributed by atoms with E-state index >= 15 is 0 Å². The van der Waals surface area contributed by atoms with Crippen molar-refractivity contribution >= 4 is 44.7 Å². The van der Waals surface area contributed by atoms with Crippen LogP contribution in [-0.2, 0) is 19.1 Å². The van der Waals surface area contributed by atoms with Crippen LogP contribution in [0.25, 0.3) is 10.8 Å². The van der Waals surface area contributed by atoms with E-state index in [2.05, 4.69) is 32.8 Å². The van der Waals surface area contributed by atoms with E-state index in [-0.39, 0.29) is 43.4 Å². The Morgan fingerprint density at radius 2 is 1.95 bits per heavy atom. The molecule has 1 aromatic carbocycles. The molecule has 10 nitrogen and oxygen atoms in total. The van der Waals surface area contributed by atoms with Crippen LogP contribution in [0.3, 0.4) is 0 Å². The van der Waals surface area contributed by atoms with Crippen molar-refractivity contribution in [3.8, 4) is 11.6 Å². The molecule has 1 aliphatic heterocycles. The van der Waals surface area contributed by atoms with Crippen molar-refractivity contribution < 1.29 is 33.3 Å². The molecule has 11 heteroatoms. The summed E-state index contributed by atoms with van der Waals surface area (Å²) in [5.74, 6) is 0.169. The molecular weight excluding hydrogens is 630 g/mol. The maximum atomic E-state index is 14.3. The molecule has 2 aromatic rings. The molecule has 0 unspecified atom stereocenters. The van der Waals surface area contributed by atoms with Crippen LogP contribution < -0.4 is 14.8 Å². The number of pyridine rings is 1. The number of alkyl carbamates (subject to hydrolysis) is 1. The number of hydrogen-bond acceptors (Lipinski definition) is 8. The maximum absolute atomic E-state index is 14.3. The third-order valence-corrected chi connectivity index (χ3v) is 8.95. The van der Waals surface area contributed by atoms with Crippen LogP contribution in [0.1, 0.15) is 65.7 Å². The van der Waals surface area contributed by atoms with Crippen molar-refractivity contribution in [1.29, 1.82) is 0 Å². The van der Waals surface area contributed by atoms with Gasteiger partial charge in [0.25, 0.3) is 0 Å². The molecule has 3 atom stereocenters. The van der Waals surface area contributed by atoms with Gasteiger partial charge in [0.15, 0.2) is 0 Å². The minimum Gasteiger partial charge on any atom is -0.496 e. The van der Waals surface area contributed by atoms with E-state index in [4.69, 9.17) is 18.9 Å². The number of aromatic nitrogens is 1. The van der Waals surface area contributed by atoms with Crippen LogP contribution in [0.5, 0.6) is 11.6 Å². The molecule has 1 aliphatic carbocycles. The third kappa shape index (κ3) is 8.22. The molecule has 1 saturated heterocycles. The highest BCUT2D eigenvalue weighted by Crippen LogP contribution is 2.36. The van der Waals surface area contributed by atoms with E-state index in [1.807, 2.05) is 32.0 Å². The Hall–Kier alpha value is -3.34. The molecule has 4 rings (SSSR count). The van der Waals surface area contributed by atoms with Gasteiger partial charge in [-0.15, -0.1) is 6.58 Å². The number of carbonyl (C=O) groups is 3. The third-order valence-electron chi connectivity index (χ3n) is 8.33. The number of halogens is 1. The van der Waals surface area contributed by atoms with E-state index in [0.717, 1.165) is 47.3 Å². The number of esters is 1. The Bertz CT molecular complexity index is 1340. The number of nitrogens with zero attached hydrogens (tertiary/aromatic N) is 2. The molecule has 0 radical (unpaired) electrons. The zero-order valence-electron chi connectivity index (χ0n) is 26.1. The summed E-state index contributed by atoms with van der Waals surface area (Å²) in [5, 5.41) is 4.51. The maximum Gasteiger partial charge on any atom is 0.407 e. The van der Waals surface area contributed by atoms with Crippen LogP contribution in [-0.4, -0.2) is 72.9 Å². The lowest BCUT2D eigenvalue weighted by molar-refractivity contribution is -0.154. The van der Waals surface area contributed by atoms with Gasteiger partial charge in [-0.3, -0.25) is 4.79 Å². The average Bonchev–Trinajstić information content (AvgIpc) is 3.43. The Morgan fingerprint density at radius 1 is 1.20 bits per heavy atom. The number of fused-ring (bicyclic) bond motifs is 1. The first-order valence-corrected chi connectivity index (χ1v) is 16.2. The fourth-order valence-corrected chi connectivity index (χ4v) is 6.56. The van der Waals surface area contributed by atoms with E-state index < -0.39 is 30.3 Å². The molecule has 2 amide bonds. The number of amides is 2. The normalized spacial score (nSPS) is 19.7. The van der Waals surface area contributed by atoms with Gasteiger partial charge in [0.1, 0.15) is 23.9 Å². The van der Waals surface area contributed by atoms with Gasteiger partial charge in [0, 0.05) is 23.4 Å². The molecule has 2 fully saturated rings. The molecule has 1 aromatic heterocycles. The first-order chi connectivity index (χ1) is 21.1. The molecule has 1 saturated carbocycles. The van der Waals surface area contributed by atoms with Gasteiger partial charge in [0.2, 0.25) is 11.8 Å². The summed E-state index contributed by atoms with van der Waals surface area (Å²) in [4.78, 5) is 46.4. The highest BCUT2D eigenvalue weighted by Gasteiger charge is 2.46. The first-order valence-electron chi connectivity index (χ1n) is 15.4. The lowest BCUT2D eigenvalue weighted by atomic mass is 9.83. The number of benzene rings is 1. The summed E-state index contributed by atoms with van der Waals surface area (Å²) in [6.45, 7) is 9.99. The topological polar surface area (TPSA) is 116 Å². The van der Waals surface area contributed by atoms with Gasteiger partial charge in [-0.2, -0.15) is 0 Å². The van der Waals surface area contributed by atoms with Crippen molar-refractivity contribution in [2.24, 2.45) is 11.3 Å². The molecular formula is C33H44BrN3O7. The van der Waals surface area contributed by atoms with Gasteiger partial charge in [-0.05, 0) is 71.6 Å². The Kier molecular flexibility index (Phi) is 11.5. The number of likely N-dealkylation sites (tertiary alicyclic amines) is 1. The molecule has 240 valence electrons. The highest BCUT2D eigenvalue weighted by atomic mass is 79.9. The lowest BCUT2D eigenvalue weighted by Crippen LogP contribution is -2.55. The Balaban J connectivity index is 1.57. The predicted octanol–water partition coefficient (Wildman–Crippen LogP) is 6.19. The van der Waals surface area contributed by atoms with Crippen LogP contribution in [0, 0.1) is 11.3 Å². The second-order valence-electron chi connectivity index (χ2n) is 12.3. The van der Waals surface area contributed by atoms with Crippen molar-refractivity contribution in [2.75, 3.05) is 26.9 Å². The molecule has 2 aliphatic rings. The number of allylic oxidation sites excluding steroid dienone is 1. The number of hydrogen-bond donors (Lipinski definition) is 1. The van der Waals surface area contributed by atoms with Gasteiger partial charge in [-0.1, -0.05) is 39.2 Å². The largest absolute Gasteiger partial charge is 0.496 e. The van der Waals surface area contributed by atoms with E-state index in [0.29, 0.717) is 18.1 Å². The summed E-state index contributed by atoms with van der Waals surface area (Å²) in [6.07, 6.45) is 7.81. The fourth-order valence-electron chi connectivity index (χ4n) is 6.05. The average molecular weight is 675 g/mol. The predicted molar refractivity (Wildman–Crippen MR) is 171 cm³/mol. The number of carbonyl (C=O) groups excluding carboxylic acids is 3. The summed E-state index contributed by atoms with van der Waals surface area (Å²) in [7, 11) is 1.60. The van der Waals surface area contributed by atoms with Crippen molar-refractivity contribution in [1.82, 2.24) is 15.2 Å². The molecule has 1 N–H and O–H groups in total. The second-order valence-corrected chi connectivity index (χ2v) is 13.2. The summed E-state index contributed by atoms with van der Waals surface area (Å²) < 4.78 is 23.5. The zero-order valence-corrected chi connectivity index (χ0v) is 27.7. The minimum absolute atomic E-state index is 0.0696. The van der Waals surface area contributed by atoms with Gasteiger partial charge >= 0.3 is 12.1 Å². The molecule has 2 heterocycles. The molecule has 0 spiro atoms. The monoisotopic (exact) mass is 673 g/mol. The summed E-state index contributed by atoms with van der Waals surface area (Å²) >= 11 is 3.53. The Labute approximate surface area is 268 Å². The number of ether oxygens (including phenoxy) is 4. The quantitative estimate of drug-likeness (QED) is 0.209. The zero-order chi connectivity index (χ0) is 31.9. The van der Waals surface area contributed by atoms with Gasteiger partial charge < -0.3 is 29.2 Å². The summed E-state index contributed by atoms with van der Waals surface area (Å²) in [6, 6.07) is 3.94. The van der Waals surface area contributed by atoms with Crippen LogP contribution in [0.2, 0.25) is 0 Å². The Morgan fingerprint density at radius 3 is 2.64 bits per heavy atom. The van der Waals surface area contributed by atoms with Crippen molar-refractivity contribution in [2.45, 2.75) is 83.9 Å². The smallest absolute Gasteiger partial charge is 0.407 e. The standard InChI is InChI=1S/C33H44BrN3O7/c1-6-14-33(3,4)20-43-32(40)36-28(21-11-9-8-10-12-21)30(38)37-19-23(17-26(37)31(39)42-7-2)44-29-24-18-25(34)27(41-5)16-22(24)13-15-35-29/h6,13,15-16,18,21,23,26,28H,1,7-12,14,17,19-20H2,2-5H3,(H,36,40)/t23-,26+,28+/m1/s1. The minimum atomic E-state index is -0.857. The number of methoxy groups -OCH3 is 1. The first kappa shape index (κ1) is 33.6. The second kappa shape index (κ2) is 15.1. The fraction of sp³-hybridized carbons (Fsp3) is 0.576. The van der Waals surface area contributed by atoms with Crippen LogP contribution >= 0.6 is 15.9 Å². The van der Waals surface area contributed by atoms with Gasteiger partial charge in [0.05, 0.1) is 31.3 Å². The van der Waals surface area contributed by atoms with Crippen LogP contribution in [0.15, 0.2) is 41.5 Å². The number of nitrogens with one attached hydrogen (secondary N) is 1. The van der Waals surface area contributed by atoms with E-state index in [1.165, 1.54) is 4.90 Å². The van der Waals surface area contributed by atoms with E-state index in [1.54, 1.807) is 26.3 Å². The molecule has 44 heavy (non-hydrogen) atoms.